The van der Waals surface area contributed by atoms with Crippen LogP contribution in [0.5, 0.6) is 0 Å². The van der Waals surface area contributed by atoms with Gasteiger partial charge in [0.1, 0.15) is 11.4 Å². The summed E-state index contributed by atoms with van der Waals surface area (Å²) in [5.41, 5.74) is 16.0. The molecule has 0 bridgehead atoms. The zero-order chi connectivity index (χ0) is 35.0. The van der Waals surface area contributed by atoms with Crippen LogP contribution in [-0.2, 0) is 21.7 Å². The van der Waals surface area contributed by atoms with Gasteiger partial charge in [-0.2, -0.15) is 0 Å². The number of aromatic nitrogens is 1. The van der Waals surface area contributed by atoms with Gasteiger partial charge in [0.05, 0.1) is 11.3 Å². The Kier molecular flexibility index (Phi) is 6.44. The molecule has 0 atom stereocenters. The Balaban J connectivity index is 1.36. The van der Waals surface area contributed by atoms with Crippen molar-refractivity contribution in [2.75, 3.05) is 4.90 Å². The number of rotatable bonds is 2. The molecule has 2 aromatic heterocycles. The topological polar surface area (TPSA) is 29.3 Å². The molecule has 4 heteroatoms. The van der Waals surface area contributed by atoms with Crippen LogP contribution in [0.3, 0.4) is 0 Å². The lowest BCUT2D eigenvalue weighted by Gasteiger charge is -2.44. The summed E-state index contributed by atoms with van der Waals surface area (Å²) < 4.78 is 7.31. The highest BCUT2D eigenvalue weighted by Crippen LogP contribution is 2.50. The van der Waals surface area contributed by atoms with Crippen molar-refractivity contribution in [3.8, 4) is 11.1 Å². The number of pyridine rings is 1. The van der Waals surface area contributed by atoms with Crippen molar-refractivity contribution in [1.82, 2.24) is 4.98 Å². The molecular formula is C46H47BN2O. The summed E-state index contributed by atoms with van der Waals surface area (Å²) in [5.74, 6) is 1.02. The average molecular weight is 655 g/mol. The van der Waals surface area contributed by atoms with Crippen LogP contribution in [0.1, 0.15) is 103 Å². The summed E-state index contributed by atoms with van der Waals surface area (Å²) in [5, 5.41) is 1.15. The van der Waals surface area contributed by atoms with Crippen LogP contribution < -0.4 is 21.5 Å². The van der Waals surface area contributed by atoms with Gasteiger partial charge < -0.3 is 4.42 Å². The predicted molar refractivity (Wildman–Crippen MR) is 211 cm³/mol. The summed E-state index contributed by atoms with van der Waals surface area (Å²) >= 11 is 0. The molecule has 3 nitrogen and oxygen atoms in total. The largest absolute Gasteiger partial charge is 0.468 e. The van der Waals surface area contributed by atoms with Crippen molar-refractivity contribution in [3.63, 3.8) is 0 Å². The fourth-order valence-corrected chi connectivity index (χ4v) is 9.42. The van der Waals surface area contributed by atoms with Gasteiger partial charge in [-0.05, 0) is 92.2 Å². The number of nitrogens with zero attached hydrogens (tertiary/aromatic N) is 2. The van der Waals surface area contributed by atoms with Gasteiger partial charge in [0.2, 0.25) is 0 Å². The maximum atomic E-state index is 7.31. The number of hydrogen-bond donors (Lipinski definition) is 0. The van der Waals surface area contributed by atoms with Crippen LogP contribution in [0.15, 0.2) is 102 Å². The normalized spacial score (nSPS) is 17.9. The molecule has 3 aliphatic rings. The maximum Gasteiger partial charge on any atom is 0.295 e. The third-order valence-corrected chi connectivity index (χ3v) is 12.4. The Hall–Kier alpha value is -4.57. The highest BCUT2D eigenvalue weighted by molar-refractivity contribution is 6.98. The number of anilines is 3. The first kappa shape index (κ1) is 31.4. The summed E-state index contributed by atoms with van der Waals surface area (Å²) in [6.07, 6.45) is 4.39. The van der Waals surface area contributed by atoms with E-state index in [1.54, 1.807) is 0 Å². The third kappa shape index (κ3) is 4.33. The van der Waals surface area contributed by atoms with Gasteiger partial charge in [0.15, 0.2) is 0 Å². The average Bonchev–Trinajstić information content (AvgIpc) is 3.47. The number of para-hydroxylation sites is 1. The first-order chi connectivity index (χ1) is 23.7. The molecule has 0 unspecified atom stereocenters. The van der Waals surface area contributed by atoms with Gasteiger partial charge >= 0.3 is 0 Å². The minimum absolute atomic E-state index is 0.0685. The van der Waals surface area contributed by atoms with E-state index in [2.05, 4.69) is 158 Å². The Morgan fingerprint density at radius 3 is 2.18 bits per heavy atom. The summed E-state index contributed by atoms with van der Waals surface area (Å²) in [7, 11) is 0. The second-order valence-corrected chi connectivity index (χ2v) is 17.9. The SMILES string of the molecule is CC(C)(C)c1cccc2c3c(oc12)B1c2ccc(-c4ccccc4)cc2C(C)(C)c2ccnc(c21)N3c1ccc2c(c1)C(C)(C)CCC2(C)C. The number of benzene rings is 4. The quantitative estimate of drug-likeness (QED) is 0.174. The molecule has 4 heterocycles. The van der Waals surface area contributed by atoms with Gasteiger partial charge in [-0.15, -0.1) is 0 Å². The van der Waals surface area contributed by atoms with E-state index in [9.17, 15) is 0 Å². The van der Waals surface area contributed by atoms with E-state index >= 15 is 0 Å². The minimum Gasteiger partial charge on any atom is -0.468 e. The van der Waals surface area contributed by atoms with Crippen molar-refractivity contribution >= 4 is 51.5 Å². The van der Waals surface area contributed by atoms with Crippen LogP contribution in [-0.4, -0.2) is 11.7 Å². The van der Waals surface area contributed by atoms with Crippen molar-refractivity contribution < 1.29 is 4.42 Å². The predicted octanol–water partition coefficient (Wildman–Crippen LogP) is 10.1. The molecule has 0 N–H and O–H groups in total. The highest BCUT2D eigenvalue weighted by atomic mass is 16.3. The lowest BCUT2D eigenvalue weighted by molar-refractivity contribution is 0.332. The first-order valence-electron chi connectivity index (χ1n) is 18.4. The van der Waals surface area contributed by atoms with Crippen molar-refractivity contribution in [2.24, 2.45) is 0 Å². The second-order valence-electron chi connectivity index (χ2n) is 17.9. The van der Waals surface area contributed by atoms with Crippen LogP contribution in [0.4, 0.5) is 17.2 Å². The van der Waals surface area contributed by atoms with Crippen molar-refractivity contribution in [2.45, 2.75) is 96.8 Å². The Labute approximate surface area is 297 Å². The molecule has 6 aromatic rings. The number of hydrogen-bond acceptors (Lipinski definition) is 3. The molecule has 0 spiro atoms. The van der Waals surface area contributed by atoms with Gasteiger partial charge in [-0.25, -0.2) is 4.98 Å². The fourth-order valence-electron chi connectivity index (χ4n) is 9.42. The van der Waals surface area contributed by atoms with Crippen LogP contribution in [0.2, 0.25) is 0 Å². The molecule has 0 saturated heterocycles. The zero-order valence-electron chi connectivity index (χ0n) is 31.0. The van der Waals surface area contributed by atoms with E-state index in [0.29, 0.717) is 0 Å². The van der Waals surface area contributed by atoms with Crippen LogP contribution >= 0.6 is 0 Å². The summed E-state index contributed by atoms with van der Waals surface area (Å²) in [4.78, 5) is 7.74. The molecule has 0 radical (unpaired) electrons. The first-order valence-corrected chi connectivity index (χ1v) is 18.4. The van der Waals surface area contributed by atoms with E-state index in [1.807, 2.05) is 6.20 Å². The van der Waals surface area contributed by atoms with E-state index in [4.69, 9.17) is 9.40 Å². The molecule has 0 fully saturated rings. The van der Waals surface area contributed by atoms with E-state index in [1.165, 1.54) is 62.7 Å². The molecule has 250 valence electrons. The van der Waals surface area contributed by atoms with Crippen LogP contribution in [0, 0.1) is 0 Å². The molecule has 0 saturated carbocycles. The maximum absolute atomic E-state index is 7.31. The Morgan fingerprint density at radius 2 is 1.44 bits per heavy atom. The van der Waals surface area contributed by atoms with Gasteiger partial charge in [0.25, 0.3) is 6.71 Å². The summed E-state index contributed by atoms with van der Waals surface area (Å²) in [6.45, 7) is 21.2. The van der Waals surface area contributed by atoms with Gasteiger partial charge in [-0.1, -0.05) is 135 Å². The van der Waals surface area contributed by atoms with Crippen LogP contribution in [0.25, 0.3) is 22.1 Å². The zero-order valence-corrected chi connectivity index (χ0v) is 31.0. The molecular weight excluding hydrogens is 607 g/mol. The molecule has 1 aliphatic carbocycles. The van der Waals surface area contributed by atoms with E-state index in [0.717, 1.165) is 33.8 Å². The minimum atomic E-state index is -0.239. The number of furan rings is 1. The molecule has 9 rings (SSSR count). The Bertz CT molecular complexity index is 2350. The molecule has 0 amide bonds. The highest BCUT2D eigenvalue weighted by Gasteiger charge is 2.50. The standard InChI is InChI=1S/C46H47BN2O/c1-43(2,3)34-17-13-16-31-39-41(50-40(31)34)47-37-21-18-29(28-14-11-10-12-15-28)26-36(37)46(8,9)33-22-25-48-42(38(33)47)49(39)30-19-20-32-35(27-30)45(6,7)24-23-44(32,4)5/h10-22,25-27H,23-24H2,1-9H3. The lowest BCUT2D eigenvalue weighted by atomic mass is 9.32. The Morgan fingerprint density at radius 1 is 0.700 bits per heavy atom. The van der Waals surface area contributed by atoms with E-state index < -0.39 is 0 Å². The smallest absolute Gasteiger partial charge is 0.295 e. The third-order valence-electron chi connectivity index (χ3n) is 12.4. The summed E-state index contributed by atoms with van der Waals surface area (Å²) in [6, 6.07) is 34.0. The number of fused-ring (bicyclic) bond motifs is 7. The molecule has 50 heavy (non-hydrogen) atoms. The second kappa shape index (κ2) is 10.3. The monoisotopic (exact) mass is 654 g/mol. The molecule has 2 aliphatic heterocycles. The van der Waals surface area contributed by atoms with Crippen molar-refractivity contribution in [1.29, 1.82) is 0 Å². The lowest BCUT2D eigenvalue weighted by Crippen LogP contribution is -2.64. The van der Waals surface area contributed by atoms with E-state index in [-0.39, 0.29) is 28.4 Å². The van der Waals surface area contributed by atoms with Gasteiger partial charge in [0, 0.05) is 28.2 Å². The molecule has 4 aromatic carbocycles. The fraction of sp³-hybridized carbons (Fsp3) is 0.326. The van der Waals surface area contributed by atoms with Crippen molar-refractivity contribution in [3.05, 3.63) is 125 Å². The van der Waals surface area contributed by atoms with Gasteiger partial charge in [-0.3, -0.25) is 4.90 Å².